The molecule has 0 saturated carbocycles. The first-order valence-electron chi connectivity index (χ1n) is 7.69. The minimum absolute atomic E-state index is 0.231. The van der Waals surface area contributed by atoms with Gasteiger partial charge in [-0.2, -0.15) is 0 Å². The minimum Gasteiger partial charge on any atom is -0.457 e. The molecule has 5 heteroatoms. The molecule has 3 aromatic carbocycles. The fraction of sp³-hybridized carbons (Fsp3) is 0.0500. The minimum atomic E-state index is -1.06. The number of rotatable bonds is 5. The lowest BCUT2D eigenvalue weighted by Crippen LogP contribution is -2.11. The zero-order chi connectivity index (χ0) is 17.6. The molecule has 3 aromatic rings. The molecule has 1 unspecified atom stereocenters. The standard InChI is InChI=1S/C20H17NO3S/c1-25(23)19-12-10-15(11-13-19)20(22)21-16-6-5-9-18(14-16)24-17-7-3-2-4-8-17/h2-14H,1H3,(H,21,22). The zero-order valence-corrected chi connectivity index (χ0v) is 14.5. The Balaban J connectivity index is 1.71. The van der Waals surface area contributed by atoms with Crippen molar-refractivity contribution in [1.82, 2.24) is 0 Å². The fourth-order valence-electron chi connectivity index (χ4n) is 2.26. The van der Waals surface area contributed by atoms with Gasteiger partial charge in [0.1, 0.15) is 11.5 Å². The SMILES string of the molecule is CS(=O)c1ccc(C(=O)Nc2cccc(Oc3ccccc3)c2)cc1. The van der Waals surface area contributed by atoms with E-state index in [1.807, 2.05) is 42.5 Å². The largest absolute Gasteiger partial charge is 0.457 e. The number of nitrogens with one attached hydrogen (secondary N) is 1. The molecule has 1 atom stereocenters. The Kier molecular flexibility index (Phi) is 5.26. The first-order chi connectivity index (χ1) is 12.1. The molecule has 4 nitrogen and oxygen atoms in total. The van der Waals surface area contributed by atoms with Crippen LogP contribution in [0.4, 0.5) is 5.69 Å². The normalized spacial score (nSPS) is 11.6. The van der Waals surface area contributed by atoms with Gasteiger partial charge in [-0.3, -0.25) is 9.00 Å². The van der Waals surface area contributed by atoms with Crippen molar-refractivity contribution in [2.24, 2.45) is 0 Å². The van der Waals surface area contributed by atoms with E-state index in [9.17, 15) is 9.00 Å². The molecule has 0 radical (unpaired) electrons. The lowest BCUT2D eigenvalue weighted by atomic mass is 10.2. The van der Waals surface area contributed by atoms with Gasteiger partial charge in [-0.25, -0.2) is 0 Å². The average molecular weight is 351 g/mol. The van der Waals surface area contributed by atoms with Crippen molar-refractivity contribution in [2.45, 2.75) is 4.90 Å². The smallest absolute Gasteiger partial charge is 0.255 e. The lowest BCUT2D eigenvalue weighted by molar-refractivity contribution is 0.102. The van der Waals surface area contributed by atoms with E-state index in [0.717, 1.165) is 5.75 Å². The molecule has 0 fully saturated rings. The molecule has 0 aliphatic rings. The van der Waals surface area contributed by atoms with Crippen LogP contribution >= 0.6 is 0 Å². The second-order valence-corrected chi connectivity index (χ2v) is 6.76. The molecule has 0 bridgehead atoms. The van der Waals surface area contributed by atoms with Crippen molar-refractivity contribution in [3.63, 3.8) is 0 Å². The van der Waals surface area contributed by atoms with E-state index in [1.165, 1.54) is 0 Å². The van der Waals surface area contributed by atoms with Gasteiger partial charge in [0, 0.05) is 39.3 Å². The van der Waals surface area contributed by atoms with E-state index in [0.29, 0.717) is 21.9 Å². The number of benzene rings is 3. The number of para-hydroxylation sites is 1. The summed E-state index contributed by atoms with van der Waals surface area (Å²) in [5, 5.41) is 2.84. The highest BCUT2D eigenvalue weighted by Crippen LogP contribution is 2.24. The van der Waals surface area contributed by atoms with Crippen LogP contribution in [0.15, 0.2) is 83.8 Å². The maximum atomic E-state index is 12.3. The molecule has 0 heterocycles. The van der Waals surface area contributed by atoms with Crippen LogP contribution in [-0.2, 0) is 10.8 Å². The predicted octanol–water partition coefficient (Wildman–Crippen LogP) is 4.47. The number of carbonyl (C=O) groups is 1. The first kappa shape index (κ1) is 16.9. The Labute approximate surface area is 148 Å². The van der Waals surface area contributed by atoms with Crippen LogP contribution in [0, 0.1) is 0 Å². The molecular formula is C20H17NO3S. The summed E-state index contributed by atoms with van der Waals surface area (Å²) in [6, 6.07) is 23.4. The third-order valence-corrected chi connectivity index (χ3v) is 4.46. The van der Waals surface area contributed by atoms with Gasteiger partial charge in [0.05, 0.1) is 0 Å². The van der Waals surface area contributed by atoms with Gasteiger partial charge in [0.15, 0.2) is 0 Å². The maximum Gasteiger partial charge on any atom is 0.255 e. The number of anilines is 1. The first-order valence-corrected chi connectivity index (χ1v) is 9.25. The highest BCUT2D eigenvalue weighted by Gasteiger charge is 2.08. The second kappa shape index (κ2) is 7.77. The average Bonchev–Trinajstić information content (AvgIpc) is 2.63. The summed E-state index contributed by atoms with van der Waals surface area (Å²) in [7, 11) is -1.06. The van der Waals surface area contributed by atoms with Gasteiger partial charge in [-0.05, 0) is 48.5 Å². The Morgan fingerprint density at radius 3 is 2.24 bits per heavy atom. The van der Waals surface area contributed by atoms with Gasteiger partial charge >= 0.3 is 0 Å². The fourth-order valence-corrected chi connectivity index (χ4v) is 2.78. The Bertz CT molecular complexity index is 892. The third-order valence-electron chi connectivity index (χ3n) is 3.52. The molecule has 3 rings (SSSR count). The van der Waals surface area contributed by atoms with Crippen LogP contribution in [-0.4, -0.2) is 16.4 Å². The van der Waals surface area contributed by atoms with E-state index >= 15 is 0 Å². The Hall–Kier alpha value is -2.92. The number of ether oxygens (including phenoxy) is 1. The van der Waals surface area contributed by atoms with Crippen LogP contribution < -0.4 is 10.1 Å². The van der Waals surface area contributed by atoms with Crippen molar-refractivity contribution in [2.75, 3.05) is 11.6 Å². The Morgan fingerprint density at radius 2 is 1.56 bits per heavy atom. The van der Waals surface area contributed by atoms with Gasteiger partial charge in [-0.15, -0.1) is 0 Å². The van der Waals surface area contributed by atoms with Crippen LogP contribution in [0.3, 0.4) is 0 Å². The number of carbonyl (C=O) groups excluding carboxylic acids is 1. The monoisotopic (exact) mass is 351 g/mol. The van der Waals surface area contributed by atoms with Gasteiger partial charge in [0.25, 0.3) is 5.91 Å². The molecule has 0 aliphatic heterocycles. The number of hydrogen-bond acceptors (Lipinski definition) is 3. The van der Waals surface area contributed by atoms with Crippen molar-refractivity contribution < 1.29 is 13.7 Å². The quantitative estimate of drug-likeness (QED) is 0.738. The molecule has 126 valence electrons. The van der Waals surface area contributed by atoms with E-state index < -0.39 is 10.8 Å². The molecule has 25 heavy (non-hydrogen) atoms. The molecule has 0 spiro atoms. The number of hydrogen-bond donors (Lipinski definition) is 1. The van der Waals surface area contributed by atoms with Crippen molar-refractivity contribution in [3.05, 3.63) is 84.4 Å². The predicted molar refractivity (Wildman–Crippen MR) is 99.7 cm³/mol. The highest BCUT2D eigenvalue weighted by molar-refractivity contribution is 7.84. The summed E-state index contributed by atoms with van der Waals surface area (Å²) in [6.45, 7) is 0. The van der Waals surface area contributed by atoms with E-state index in [1.54, 1.807) is 42.7 Å². The molecule has 0 aliphatic carbocycles. The number of amides is 1. The molecule has 0 aromatic heterocycles. The van der Waals surface area contributed by atoms with Crippen molar-refractivity contribution >= 4 is 22.4 Å². The summed E-state index contributed by atoms with van der Waals surface area (Å²) < 4.78 is 17.2. The summed E-state index contributed by atoms with van der Waals surface area (Å²) in [6.07, 6.45) is 1.60. The van der Waals surface area contributed by atoms with Gasteiger partial charge < -0.3 is 10.1 Å². The van der Waals surface area contributed by atoms with Crippen molar-refractivity contribution in [3.8, 4) is 11.5 Å². The van der Waals surface area contributed by atoms with Crippen LogP contribution in [0.1, 0.15) is 10.4 Å². The summed E-state index contributed by atoms with van der Waals surface area (Å²) in [4.78, 5) is 13.0. The van der Waals surface area contributed by atoms with Crippen molar-refractivity contribution in [1.29, 1.82) is 0 Å². The van der Waals surface area contributed by atoms with Crippen LogP contribution in [0.25, 0.3) is 0 Å². The zero-order valence-electron chi connectivity index (χ0n) is 13.6. The van der Waals surface area contributed by atoms with E-state index in [2.05, 4.69) is 5.32 Å². The van der Waals surface area contributed by atoms with Crippen LogP contribution in [0.2, 0.25) is 0 Å². The molecule has 0 saturated heterocycles. The second-order valence-electron chi connectivity index (χ2n) is 5.38. The third kappa shape index (κ3) is 4.55. The summed E-state index contributed by atoms with van der Waals surface area (Å²) in [5.41, 5.74) is 1.14. The molecule has 1 N–H and O–H groups in total. The van der Waals surface area contributed by atoms with Gasteiger partial charge in [0.2, 0.25) is 0 Å². The lowest BCUT2D eigenvalue weighted by Gasteiger charge is -2.09. The Morgan fingerprint density at radius 1 is 0.880 bits per heavy atom. The summed E-state index contributed by atoms with van der Waals surface area (Å²) >= 11 is 0. The molecular weight excluding hydrogens is 334 g/mol. The van der Waals surface area contributed by atoms with E-state index in [4.69, 9.17) is 4.74 Å². The molecule has 1 amide bonds. The summed E-state index contributed by atoms with van der Waals surface area (Å²) in [5.74, 6) is 1.14. The maximum absolute atomic E-state index is 12.3. The van der Waals surface area contributed by atoms with Gasteiger partial charge in [-0.1, -0.05) is 24.3 Å². The topological polar surface area (TPSA) is 55.4 Å². The van der Waals surface area contributed by atoms with Crippen LogP contribution in [0.5, 0.6) is 11.5 Å². The van der Waals surface area contributed by atoms with E-state index in [-0.39, 0.29) is 5.91 Å². The highest BCUT2D eigenvalue weighted by atomic mass is 32.2.